The quantitative estimate of drug-likeness (QED) is 0.00734. The molecule has 8 amide bonds. The Morgan fingerprint density at radius 3 is 1.43 bits per heavy atom. The number of benzene rings is 4. The number of rotatable bonds is 42. The summed E-state index contributed by atoms with van der Waals surface area (Å²) in [5.41, 5.74) is 7.83. The van der Waals surface area contributed by atoms with E-state index in [1.165, 1.54) is 44.6 Å². The van der Waals surface area contributed by atoms with Crippen molar-refractivity contribution >= 4 is 110 Å². The van der Waals surface area contributed by atoms with Crippen LogP contribution in [0.4, 0.5) is 33.3 Å². The summed E-state index contributed by atoms with van der Waals surface area (Å²) >= 11 is 4.95. The summed E-state index contributed by atoms with van der Waals surface area (Å²) in [5, 5.41) is 44.3. The van der Waals surface area contributed by atoms with Crippen molar-refractivity contribution in [2.75, 3.05) is 64.3 Å². The number of Topliss-reactive ketones (excluding diaryl/α,β-unsaturated/α-hetero) is 1. The van der Waals surface area contributed by atoms with E-state index in [4.69, 9.17) is 10.5 Å². The molecule has 4 fully saturated rings. The zero-order valence-corrected chi connectivity index (χ0v) is 73.3. The zero-order valence-electron chi connectivity index (χ0n) is 69.5. The van der Waals surface area contributed by atoms with Gasteiger partial charge < -0.3 is 73.0 Å². The minimum Gasteiger partial charge on any atom is -0.391 e. The standard InChI is InChI=1S/C52H64F4IN7O7S.C35H51FN6O5S/c1-31-46(72-30-60-31)33-13-11-32(12-14-33)40(62-48(68)41-26-35(65)28-64(41)49(69)47(51(2,3)4)63-50(70)52(56)19-20-52)27-43(67)59-23-9-7-5-6-8-21-58-22-10-24-71-29-42(66)36-16-17-37(53)44(55)45(36)61-39-18-15-34(57)25-38(39)54;1-22-29(48-21-39-22)24-12-10-23(11-13-24)26(19-28(44)38-17-9-7-5-6-8-16-37)40-31(45)27-18-25(43)20-42(27)32(46)30(34(2,3)4)41-33(47)35(36)14-15-35/h11-18,25,30,35,40-41,47,58,61,65H,5-10,19-24,26-29H2,1-4H3,(H,59,67)(H,62,68)(H,63,70);10-13,21,25-27,30,43H,5-9,14-20,37H2,1-4H3,(H,38,44)(H,40,45)(H,41,47)/t35-,40+,41+,47?;25-,26+,27+,30?/m11/s1. The third-order valence-corrected chi connectivity index (χ3v) is 24.4. The Labute approximate surface area is 720 Å². The zero-order chi connectivity index (χ0) is 87.2. The number of nitrogens with one attached hydrogen (secondary N) is 8. The van der Waals surface area contributed by atoms with Crippen LogP contribution in [-0.4, -0.2) is 190 Å². The normalized spacial score (nSPS) is 18.1. The van der Waals surface area contributed by atoms with Crippen LogP contribution in [-0.2, 0) is 43.1 Å². The molecule has 0 bridgehead atoms. The topological polar surface area (TPSA) is 358 Å². The number of nitrogens with zero attached hydrogens (tertiary/aromatic N) is 4. The number of hydrogen-bond donors (Lipinski definition) is 11. The predicted octanol–water partition coefficient (Wildman–Crippen LogP) is 12.1. The fraction of sp³-hybridized carbons (Fsp3) is 0.552. The van der Waals surface area contributed by atoms with Gasteiger partial charge in [0.15, 0.2) is 28.8 Å². The molecule has 120 heavy (non-hydrogen) atoms. The Hall–Kier alpha value is -8.45. The van der Waals surface area contributed by atoms with Crippen LogP contribution in [0.1, 0.15) is 208 Å². The summed E-state index contributed by atoms with van der Waals surface area (Å²) < 4.78 is 78.6. The molecule has 0 radical (unpaired) electrons. The molecule has 10 rings (SSSR count). The number of likely N-dealkylation sites (tertiary alicyclic amines) is 2. The van der Waals surface area contributed by atoms with E-state index in [0.29, 0.717) is 47.3 Å². The number of aryl methyl sites for hydroxylation is 2. The maximum Gasteiger partial charge on any atom is 0.258 e. The van der Waals surface area contributed by atoms with E-state index in [1.54, 1.807) is 58.6 Å². The number of unbranched alkanes of at least 4 members (excludes halogenated alkanes) is 8. The molecule has 4 aliphatic rings. The van der Waals surface area contributed by atoms with Crippen molar-refractivity contribution < 1.29 is 80.1 Å². The lowest BCUT2D eigenvalue weighted by atomic mass is 9.85. The number of carbonyl (C=O) groups excluding carboxylic acids is 9. The van der Waals surface area contributed by atoms with Crippen LogP contribution in [0.15, 0.2) is 89.9 Å². The summed E-state index contributed by atoms with van der Waals surface area (Å²) in [6.07, 6.45) is 8.15. The van der Waals surface area contributed by atoms with Crippen molar-refractivity contribution in [3.8, 4) is 20.9 Å². The van der Waals surface area contributed by atoms with Crippen molar-refractivity contribution in [2.45, 2.75) is 237 Å². The van der Waals surface area contributed by atoms with Gasteiger partial charge in [-0.25, -0.2) is 31.9 Å². The van der Waals surface area contributed by atoms with Crippen LogP contribution in [0.25, 0.3) is 20.9 Å². The molecule has 33 heteroatoms. The van der Waals surface area contributed by atoms with E-state index < -0.39 is 135 Å². The highest BCUT2D eigenvalue weighted by molar-refractivity contribution is 14.1. The number of halogens is 6. The first-order valence-electron chi connectivity index (χ1n) is 41.3. The molecular weight excluding hydrogens is 1710 g/mol. The second-order valence-corrected chi connectivity index (χ2v) is 36.7. The number of aromatic nitrogens is 2. The molecule has 2 unspecified atom stereocenters. The molecule has 6 aromatic rings. The lowest BCUT2D eigenvalue weighted by Crippen LogP contribution is -2.59. The summed E-state index contributed by atoms with van der Waals surface area (Å²) in [7, 11) is 0. The van der Waals surface area contributed by atoms with Crippen molar-refractivity contribution in [1.29, 1.82) is 0 Å². The second-order valence-electron chi connectivity index (χ2n) is 33.7. The Balaban J connectivity index is 0.000000296. The highest BCUT2D eigenvalue weighted by Gasteiger charge is 2.55. The van der Waals surface area contributed by atoms with Crippen LogP contribution in [0.5, 0.6) is 0 Å². The van der Waals surface area contributed by atoms with Crippen LogP contribution in [0.3, 0.4) is 0 Å². The number of aliphatic hydroxyl groups is 2. The Kier molecular flexibility index (Phi) is 35.0. The first kappa shape index (κ1) is 95.4. The van der Waals surface area contributed by atoms with Crippen molar-refractivity contribution in [2.24, 2.45) is 16.6 Å². The fourth-order valence-electron chi connectivity index (χ4n) is 14.3. The average molecular weight is 1820 g/mol. The van der Waals surface area contributed by atoms with Gasteiger partial charge in [-0.1, -0.05) is 129 Å². The number of aliphatic hydroxyl groups excluding tert-OH is 2. The number of hydrogen-bond acceptors (Lipinski definition) is 19. The number of carbonyl (C=O) groups is 9. The highest BCUT2D eigenvalue weighted by atomic mass is 127. The van der Waals surface area contributed by atoms with E-state index in [-0.39, 0.29) is 101 Å². The number of thiazole rings is 2. The molecule has 2 aliphatic carbocycles. The Bertz CT molecular complexity index is 4500. The molecule has 2 saturated carbocycles. The first-order valence-corrected chi connectivity index (χ1v) is 44.2. The average Bonchev–Trinajstić information content (AvgIpc) is 1.60. The molecule has 2 aliphatic heterocycles. The maximum absolute atomic E-state index is 14.7. The van der Waals surface area contributed by atoms with Gasteiger partial charge >= 0.3 is 0 Å². The van der Waals surface area contributed by atoms with E-state index in [1.807, 2.05) is 85.0 Å². The predicted molar refractivity (Wildman–Crippen MR) is 459 cm³/mol. The number of ketones is 1. The molecule has 2 saturated heterocycles. The number of anilines is 2. The summed E-state index contributed by atoms with van der Waals surface area (Å²) in [5.74, 6) is -8.20. The third-order valence-electron chi connectivity index (χ3n) is 21.8. The van der Waals surface area contributed by atoms with E-state index in [0.717, 1.165) is 115 Å². The van der Waals surface area contributed by atoms with E-state index in [9.17, 15) is 75.3 Å². The monoisotopic (exact) mass is 1820 g/mol. The lowest BCUT2D eigenvalue weighted by Gasteiger charge is -2.36. The molecule has 12 N–H and O–H groups in total. The van der Waals surface area contributed by atoms with Gasteiger partial charge in [0.05, 0.1) is 80.7 Å². The molecule has 25 nitrogen and oxygen atoms in total. The lowest BCUT2D eigenvalue weighted by molar-refractivity contribution is -0.145. The molecule has 4 aromatic carbocycles. The van der Waals surface area contributed by atoms with Crippen molar-refractivity contribution in [3.05, 3.63) is 139 Å². The van der Waals surface area contributed by atoms with Gasteiger partial charge in [0.1, 0.15) is 36.6 Å². The van der Waals surface area contributed by atoms with Gasteiger partial charge in [-0.15, -0.1) is 22.7 Å². The van der Waals surface area contributed by atoms with Gasteiger partial charge in [-0.3, -0.25) is 43.2 Å². The van der Waals surface area contributed by atoms with Crippen LogP contribution < -0.4 is 48.3 Å². The minimum atomic E-state index is -2.01. The SMILES string of the molecule is Cc1ncsc1-c1ccc([C@H](CC(=O)NCCCCCCCN)NC(=O)[C@@H]2C[C@@H](O)CN2C(=O)C(NC(=O)C2(F)CC2)C(C)(C)C)cc1.Cc1ncsc1-c1ccc([C@H](CC(=O)NCCCCCCCNCCCOCC(=O)c2ccc(F)c(F)c2Nc2ccc(I)cc2F)NC(=O)[C@@H]2C[C@@H](O)CN2C(=O)C(NC(=O)C2(F)CC2)C(C)(C)C)cc1. The smallest absolute Gasteiger partial charge is 0.258 e. The van der Waals surface area contributed by atoms with Gasteiger partial charge in [0, 0.05) is 54.8 Å². The minimum absolute atomic E-state index is 0.0118. The van der Waals surface area contributed by atoms with Crippen LogP contribution in [0.2, 0.25) is 0 Å². The fourth-order valence-corrected chi connectivity index (χ4v) is 16.4. The number of amides is 8. The van der Waals surface area contributed by atoms with Gasteiger partial charge in [-0.2, -0.15) is 0 Å². The largest absolute Gasteiger partial charge is 0.391 e. The van der Waals surface area contributed by atoms with Gasteiger partial charge in [0.25, 0.3) is 11.8 Å². The van der Waals surface area contributed by atoms with Crippen LogP contribution >= 0.6 is 45.3 Å². The first-order chi connectivity index (χ1) is 57.0. The Morgan fingerprint density at radius 1 is 0.575 bits per heavy atom. The number of alkyl halides is 2. The number of nitrogens with two attached hydrogens (primary N) is 1. The van der Waals surface area contributed by atoms with E-state index >= 15 is 0 Å². The highest BCUT2D eigenvalue weighted by Crippen LogP contribution is 2.43. The molecule has 2 aromatic heterocycles. The number of β-amino-alcohol motifs (C(OH)–C–C–N with tert-alkyl or cyclic N) is 2. The van der Waals surface area contributed by atoms with Crippen molar-refractivity contribution in [3.63, 3.8) is 0 Å². The molecule has 0 spiro atoms. The van der Waals surface area contributed by atoms with Crippen molar-refractivity contribution in [1.82, 2.24) is 57.0 Å². The summed E-state index contributed by atoms with van der Waals surface area (Å²) in [4.78, 5) is 134. The molecular formula is C87H115F5IN13O12S2. The maximum atomic E-state index is 14.7. The second kappa shape index (κ2) is 44.0. The van der Waals surface area contributed by atoms with E-state index in [2.05, 4.69) is 52.5 Å². The number of ether oxygens (including phenoxy) is 1. The third kappa shape index (κ3) is 27.3. The summed E-state index contributed by atoms with van der Waals surface area (Å²) in [6.45, 7) is 17.0. The summed E-state index contributed by atoms with van der Waals surface area (Å²) in [6, 6.07) is 15.3. The molecule has 4 heterocycles. The molecule has 654 valence electrons. The molecule has 8 atom stereocenters. The van der Waals surface area contributed by atoms with Gasteiger partial charge in [-0.05, 0) is 177 Å². The van der Waals surface area contributed by atoms with Gasteiger partial charge in [0.2, 0.25) is 35.4 Å². The van der Waals surface area contributed by atoms with Crippen LogP contribution in [0, 0.1) is 45.7 Å². The Morgan fingerprint density at radius 2 is 1.01 bits per heavy atom.